The van der Waals surface area contributed by atoms with Crippen LogP contribution in [0.2, 0.25) is 5.02 Å². The zero-order chi connectivity index (χ0) is 19.7. The number of nitrogens with one attached hydrogen (secondary N) is 1. The topological polar surface area (TPSA) is 68.5 Å². The second-order valence-corrected chi connectivity index (χ2v) is 6.95. The van der Waals surface area contributed by atoms with Gasteiger partial charge in [-0.1, -0.05) is 17.7 Å². The summed E-state index contributed by atoms with van der Waals surface area (Å²) in [6.07, 6.45) is 3.49. The highest BCUT2D eigenvalue weighted by Gasteiger charge is 2.11. The maximum Gasteiger partial charge on any atom is 0.227 e. The molecule has 6 nitrogen and oxygen atoms in total. The van der Waals surface area contributed by atoms with Gasteiger partial charge in [0.05, 0.1) is 11.4 Å². The molecule has 0 saturated heterocycles. The van der Waals surface area contributed by atoms with Crippen molar-refractivity contribution in [2.45, 2.75) is 20.8 Å². The summed E-state index contributed by atoms with van der Waals surface area (Å²) in [6.45, 7) is 6.11. The Labute approximate surface area is 168 Å². The number of anilines is 2. The quantitative estimate of drug-likeness (QED) is 0.528. The lowest BCUT2D eigenvalue weighted by atomic mass is 10.2. The van der Waals surface area contributed by atoms with E-state index in [0.717, 1.165) is 34.2 Å². The molecule has 7 heteroatoms. The van der Waals surface area contributed by atoms with Crippen LogP contribution in [0.25, 0.3) is 17.1 Å². The minimum atomic E-state index is 0.500. The normalized spacial score (nSPS) is 10.9. The van der Waals surface area contributed by atoms with Crippen LogP contribution in [0.4, 0.5) is 11.6 Å². The van der Waals surface area contributed by atoms with Gasteiger partial charge in [-0.2, -0.15) is 5.10 Å². The van der Waals surface area contributed by atoms with Crippen molar-refractivity contribution in [1.82, 2.24) is 24.7 Å². The lowest BCUT2D eigenvalue weighted by molar-refractivity contribution is 0.806. The standard InChI is InChI=1S/C21H19ClN6/c1-13-14(2)27-28(15(13)3)20-11-16(7-9-23-20)19-8-10-24-21(26-19)25-18-6-4-5-17(22)12-18/h4-12H,1-3H3,(H,24,25,26). The molecular formula is C21H19ClN6. The predicted octanol–water partition coefficient (Wildman–Crippen LogP) is 5.05. The lowest BCUT2D eigenvalue weighted by Crippen LogP contribution is -2.03. The molecule has 1 N–H and O–H groups in total. The van der Waals surface area contributed by atoms with Gasteiger partial charge in [0, 0.05) is 34.4 Å². The van der Waals surface area contributed by atoms with Crippen LogP contribution in [0, 0.1) is 20.8 Å². The van der Waals surface area contributed by atoms with Crippen molar-refractivity contribution in [3.63, 3.8) is 0 Å². The Morgan fingerprint density at radius 3 is 2.54 bits per heavy atom. The fraction of sp³-hybridized carbons (Fsp3) is 0.143. The van der Waals surface area contributed by atoms with E-state index in [1.807, 2.05) is 61.0 Å². The van der Waals surface area contributed by atoms with E-state index in [9.17, 15) is 0 Å². The minimum Gasteiger partial charge on any atom is -0.324 e. The zero-order valence-corrected chi connectivity index (χ0v) is 16.6. The average molecular weight is 391 g/mol. The largest absolute Gasteiger partial charge is 0.324 e. The number of aryl methyl sites for hydroxylation is 1. The fourth-order valence-corrected chi connectivity index (χ4v) is 3.10. The summed E-state index contributed by atoms with van der Waals surface area (Å²) in [5.41, 5.74) is 5.81. The van der Waals surface area contributed by atoms with Gasteiger partial charge < -0.3 is 5.32 Å². The molecule has 0 aliphatic heterocycles. The third-order valence-electron chi connectivity index (χ3n) is 4.65. The van der Waals surface area contributed by atoms with Crippen LogP contribution in [0.15, 0.2) is 54.9 Å². The smallest absolute Gasteiger partial charge is 0.227 e. The van der Waals surface area contributed by atoms with E-state index in [-0.39, 0.29) is 0 Å². The van der Waals surface area contributed by atoms with Crippen LogP contribution in [0.5, 0.6) is 0 Å². The van der Waals surface area contributed by atoms with Gasteiger partial charge in [0.25, 0.3) is 0 Å². The molecule has 0 bridgehead atoms. The van der Waals surface area contributed by atoms with E-state index >= 15 is 0 Å². The van der Waals surface area contributed by atoms with Crippen molar-refractivity contribution < 1.29 is 0 Å². The number of halogens is 1. The maximum absolute atomic E-state index is 6.04. The first-order valence-corrected chi connectivity index (χ1v) is 9.24. The Bertz CT molecular complexity index is 1150. The molecule has 0 aliphatic rings. The van der Waals surface area contributed by atoms with E-state index in [0.29, 0.717) is 11.0 Å². The van der Waals surface area contributed by atoms with Gasteiger partial charge in [0.2, 0.25) is 5.95 Å². The minimum absolute atomic E-state index is 0.500. The van der Waals surface area contributed by atoms with Crippen molar-refractivity contribution in [3.8, 4) is 17.1 Å². The first-order chi connectivity index (χ1) is 13.5. The van der Waals surface area contributed by atoms with Gasteiger partial charge in [-0.05, 0) is 62.7 Å². The summed E-state index contributed by atoms with van der Waals surface area (Å²) in [5, 5.41) is 8.43. The van der Waals surface area contributed by atoms with E-state index in [1.165, 1.54) is 5.56 Å². The SMILES string of the molecule is Cc1nn(-c2cc(-c3ccnc(Nc4cccc(Cl)c4)n3)ccn2)c(C)c1C. The molecule has 0 atom stereocenters. The van der Waals surface area contributed by atoms with Gasteiger partial charge >= 0.3 is 0 Å². The molecule has 3 heterocycles. The summed E-state index contributed by atoms with van der Waals surface area (Å²) < 4.78 is 1.86. The predicted molar refractivity (Wildman–Crippen MR) is 111 cm³/mol. The number of hydrogen-bond donors (Lipinski definition) is 1. The molecule has 3 aromatic heterocycles. The molecule has 0 spiro atoms. The van der Waals surface area contributed by atoms with E-state index in [4.69, 9.17) is 11.6 Å². The number of aromatic nitrogens is 5. The fourth-order valence-electron chi connectivity index (χ4n) is 2.91. The molecular weight excluding hydrogens is 372 g/mol. The molecule has 0 amide bonds. The summed E-state index contributed by atoms with van der Waals surface area (Å²) in [5.74, 6) is 1.26. The van der Waals surface area contributed by atoms with E-state index < -0.39 is 0 Å². The Morgan fingerprint density at radius 1 is 0.964 bits per heavy atom. The molecule has 0 saturated carbocycles. The van der Waals surface area contributed by atoms with Crippen molar-refractivity contribution >= 4 is 23.2 Å². The Morgan fingerprint density at radius 2 is 1.79 bits per heavy atom. The van der Waals surface area contributed by atoms with Crippen molar-refractivity contribution in [2.75, 3.05) is 5.32 Å². The van der Waals surface area contributed by atoms with Crippen LogP contribution < -0.4 is 5.32 Å². The molecule has 4 rings (SSSR count). The van der Waals surface area contributed by atoms with Gasteiger partial charge in [-0.3, -0.25) is 0 Å². The first kappa shape index (κ1) is 18.1. The Kier molecular flexibility index (Phi) is 4.79. The Hall–Kier alpha value is -3.25. The summed E-state index contributed by atoms with van der Waals surface area (Å²) >= 11 is 6.04. The maximum atomic E-state index is 6.04. The lowest BCUT2D eigenvalue weighted by Gasteiger charge is -2.09. The molecule has 1 aromatic carbocycles. The van der Waals surface area contributed by atoms with Crippen LogP contribution in [0.1, 0.15) is 17.0 Å². The first-order valence-electron chi connectivity index (χ1n) is 8.86. The molecule has 4 aromatic rings. The van der Waals surface area contributed by atoms with Gasteiger partial charge in [-0.25, -0.2) is 19.6 Å². The highest BCUT2D eigenvalue weighted by Crippen LogP contribution is 2.23. The van der Waals surface area contributed by atoms with Crippen molar-refractivity contribution in [1.29, 1.82) is 0 Å². The second kappa shape index (κ2) is 7.40. The summed E-state index contributed by atoms with van der Waals surface area (Å²) in [6, 6.07) is 13.2. The number of rotatable bonds is 4. The number of benzene rings is 1. The van der Waals surface area contributed by atoms with Gasteiger partial charge in [0.1, 0.15) is 0 Å². The van der Waals surface area contributed by atoms with Crippen molar-refractivity contribution in [2.24, 2.45) is 0 Å². The molecule has 28 heavy (non-hydrogen) atoms. The third kappa shape index (κ3) is 3.59. The summed E-state index contributed by atoms with van der Waals surface area (Å²) in [7, 11) is 0. The second-order valence-electron chi connectivity index (χ2n) is 6.51. The van der Waals surface area contributed by atoms with E-state index in [2.05, 4.69) is 32.3 Å². The highest BCUT2D eigenvalue weighted by atomic mass is 35.5. The number of nitrogens with zero attached hydrogens (tertiary/aromatic N) is 5. The highest BCUT2D eigenvalue weighted by molar-refractivity contribution is 6.30. The molecule has 0 radical (unpaired) electrons. The van der Waals surface area contributed by atoms with Crippen LogP contribution >= 0.6 is 11.6 Å². The average Bonchev–Trinajstić information content (AvgIpc) is 2.96. The van der Waals surface area contributed by atoms with E-state index in [1.54, 1.807) is 12.4 Å². The molecule has 0 unspecified atom stereocenters. The van der Waals surface area contributed by atoms with Crippen LogP contribution in [0.3, 0.4) is 0 Å². The molecule has 0 fully saturated rings. The summed E-state index contributed by atoms with van der Waals surface area (Å²) in [4.78, 5) is 13.4. The zero-order valence-electron chi connectivity index (χ0n) is 15.8. The Balaban J connectivity index is 1.67. The number of hydrogen-bond acceptors (Lipinski definition) is 5. The molecule has 0 aliphatic carbocycles. The third-order valence-corrected chi connectivity index (χ3v) is 4.88. The molecule has 140 valence electrons. The van der Waals surface area contributed by atoms with Gasteiger partial charge in [-0.15, -0.1) is 0 Å². The van der Waals surface area contributed by atoms with Gasteiger partial charge in [0.15, 0.2) is 5.82 Å². The van der Waals surface area contributed by atoms with Crippen LogP contribution in [-0.4, -0.2) is 24.7 Å². The monoisotopic (exact) mass is 390 g/mol. The number of pyridine rings is 1. The van der Waals surface area contributed by atoms with Crippen molar-refractivity contribution in [3.05, 3.63) is 76.8 Å². The van der Waals surface area contributed by atoms with Crippen LogP contribution in [-0.2, 0) is 0 Å².